The number of carboxylic acid groups (broad SMARTS) is 1. The predicted octanol–water partition coefficient (Wildman–Crippen LogP) is 2.50. The summed E-state index contributed by atoms with van der Waals surface area (Å²) >= 11 is 0. The van der Waals surface area contributed by atoms with Gasteiger partial charge >= 0.3 is 5.97 Å². The van der Waals surface area contributed by atoms with Gasteiger partial charge in [-0.15, -0.1) is 0 Å². The Hall–Kier alpha value is -1.85. The third-order valence-corrected chi connectivity index (χ3v) is 5.12. The van der Waals surface area contributed by atoms with Crippen molar-refractivity contribution in [3.63, 3.8) is 0 Å². The van der Waals surface area contributed by atoms with Crippen molar-refractivity contribution in [3.05, 3.63) is 18.0 Å². The molecule has 1 N–H and O–H groups in total. The fraction of sp³-hybridized carbons (Fsp3) is 0.706. The molecule has 6 nitrogen and oxygen atoms in total. The van der Waals surface area contributed by atoms with Gasteiger partial charge in [0.1, 0.15) is 6.04 Å². The number of likely N-dealkylation sites (tertiary alicyclic amines) is 1. The van der Waals surface area contributed by atoms with Gasteiger partial charge in [0.05, 0.1) is 17.3 Å². The van der Waals surface area contributed by atoms with Crippen molar-refractivity contribution in [2.24, 2.45) is 5.92 Å². The second kappa shape index (κ2) is 5.65. The van der Waals surface area contributed by atoms with Gasteiger partial charge in [-0.2, -0.15) is 5.10 Å². The van der Waals surface area contributed by atoms with Crippen LogP contribution in [0.15, 0.2) is 12.4 Å². The molecular weight excluding hydrogens is 294 g/mol. The molecule has 1 aliphatic carbocycles. The van der Waals surface area contributed by atoms with E-state index in [1.54, 1.807) is 22.0 Å². The number of rotatable bonds is 2. The standard InChI is InChI=1S/C17H25N3O3/c1-17(2,3)19-10-12(9-18-19)15(21)20-13-7-5-4-6-11(13)8-14(20)16(22)23/h9-11,13-14H,4-8H2,1-3H3,(H,22,23)/t11-,13-,14+/m1/s1. The SMILES string of the molecule is CC(C)(C)n1cc(C(=O)N2[C@@H]3CCCC[C@@H]3C[C@H]2C(=O)O)cn1. The molecule has 3 atom stereocenters. The molecule has 0 aromatic carbocycles. The van der Waals surface area contributed by atoms with Crippen LogP contribution in [0.4, 0.5) is 0 Å². The van der Waals surface area contributed by atoms with E-state index >= 15 is 0 Å². The van der Waals surface area contributed by atoms with Crippen LogP contribution in [0, 0.1) is 5.92 Å². The number of aliphatic carboxylic acids is 1. The van der Waals surface area contributed by atoms with Crippen LogP contribution >= 0.6 is 0 Å². The van der Waals surface area contributed by atoms with E-state index in [1.165, 1.54) is 0 Å². The molecule has 0 bridgehead atoms. The Kier molecular flexibility index (Phi) is 3.94. The largest absolute Gasteiger partial charge is 0.480 e. The number of nitrogens with zero attached hydrogens (tertiary/aromatic N) is 3. The van der Waals surface area contributed by atoms with Gasteiger partial charge in [-0.25, -0.2) is 4.79 Å². The monoisotopic (exact) mass is 319 g/mol. The molecule has 1 aromatic rings. The highest BCUT2D eigenvalue weighted by Gasteiger charge is 2.47. The predicted molar refractivity (Wildman–Crippen MR) is 85.2 cm³/mol. The first-order valence-corrected chi connectivity index (χ1v) is 8.39. The van der Waals surface area contributed by atoms with Crippen molar-refractivity contribution >= 4 is 11.9 Å². The van der Waals surface area contributed by atoms with E-state index in [9.17, 15) is 14.7 Å². The van der Waals surface area contributed by atoms with E-state index in [1.807, 2.05) is 20.8 Å². The van der Waals surface area contributed by atoms with Gasteiger partial charge in [0.25, 0.3) is 5.91 Å². The van der Waals surface area contributed by atoms with Gasteiger partial charge in [-0.3, -0.25) is 9.48 Å². The highest BCUT2D eigenvalue weighted by molar-refractivity contribution is 5.97. The molecule has 1 aliphatic heterocycles. The van der Waals surface area contributed by atoms with Crippen LogP contribution < -0.4 is 0 Å². The van der Waals surface area contributed by atoms with Crippen LogP contribution in [0.25, 0.3) is 0 Å². The zero-order valence-electron chi connectivity index (χ0n) is 14.0. The lowest BCUT2D eigenvalue weighted by molar-refractivity contribution is -0.141. The number of carboxylic acids is 1. The van der Waals surface area contributed by atoms with E-state index < -0.39 is 12.0 Å². The van der Waals surface area contributed by atoms with Crippen LogP contribution in [0.1, 0.15) is 63.2 Å². The summed E-state index contributed by atoms with van der Waals surface area (Å²) < 4.78 is 1.75. The van der Waals surface area contributed by atoms with Gasteiger partial charge in [0.15, 0.2) is 0 Å². The summed E-state index contributed by atoms with van der Waals surface area (Å²) in [6, 6.07) is -0.635. The summed E-state index contributed by atoms with van der Waals surface area (Å²) in [7, 11) is 0. The molecule has 0 unspecified atom stereocenters. The minimum absolute atomic E-state index is 0.0651. The zero-order chi connectivity index (χ0) is 16.8. The molecule has 2 heterocycles. The molecule has 2 aliphatic rings. The summed E-state index contributed by atoms with van der Waals surface area (Å²) in [5, 5.41) is 13.8. The first kappa shape index (κ1) is 16.0. The number of aromatic nitrogens is 2. The van der Waals surface area contributed by atoms with Crippen molar-refractivity contribution in [3.8, 4) is 0 Å². The molecule has 23 heavy (non-hydrogen) atoms. The van der Waals surface area contributed by atoms with Gasteiger partial charge < -0.3 is 10.0 Å². The number of hydrogen-bond donors (Lipinski definition) is 1. The Bertz CT molecular complexity index is 617. The van der Waals surface area contributed by atoms with Crippen LogP contribution in [0.5, 0.6) is 0 Å². The highest BCUT2D eigenvalue weighted by atomic mass is 16.4. The Morgan fingerprint density at radius 2 is 1.96 bits per heavy atom. The number of fused-ring (bicyclic) bond motifs is 1. The number of amides is 1. The lowest BCUT2D eigenvalue weighted by Gasteiger charge is -2.32. The van der Waals surface area contributed by atoms with Crippen LogP contribution in [-0.2, 0) is 10.3 Å². The molecule has 0 spiro atoms. The molecule has 1 saturated heterocycles. The molecule has 126 valence electrons. The zero-order valence-corrected chi connectivity index (χ0v) is 14.0. The first-order chi connectivity index (χ1) is 10.8. The molecule has 6 heteroatoms. The van der Waals surface area contributed by atoms with Gasteiger partial charge in [0, 0.05) is 12.2 Å². The van der Waals surface area contributed by atoms with E-state index in [-0.39, 0.29) is 17.5 Å². The minimum Gasteiger partial charge on any atom is -0.480 e. The second-order valence-corrected chi connectivity index (χ2v) is 7.76. The van der Waals surface area contributed by atoms with Gasteiger partial charge in [0.2, 0.25) is 0 Å². The van der Waals surface area contributed by atoms with E-state index in [2.05, 4.69) is 5.10 Å². The third-order valence-electron chi connectivity index (χ3n) is 5.12. The molecule has 3 rings (SSSR count). The number of carbonyl (C=O) groups is 2. The fourth-order valence-electron chi connectivity index (χ4n) is 3.92. The Labute approximate surface area is 136 Å². The second-order valence-electron chi connectivity index (χ2n) is 7.76. The Morgan fingerprint density at radius 3 is 2.57 bits per heavy atom. The van der Waals surface area contributed by atoms with Crippen LogP contribution in [0.2, 0.25) is 0 Å². The topological polar surface area (TPSA) is 75.4 Å². The minimum atomic E-state index is -0.893. The van der Waals surface area contributed by atoms with Gasteiger partial charge in [-0.05, 0) is 46.0 Å². The molecule has 1 aromatic heterocycles. The normalized spacial score (nSPS) is 27.8. The first-order valence-electron chi connectivity index (χ1n) is 8.39. The summed E-state index contributed by atoms with van der Waals surface area (Å²) in [5.74, 6) is -0.760. The average Bonchev–Trinajstić information content (AvgIpc) is 3.11. The molecule has 1 amide bonds. The Balaban J connectivity index is 1.89. The highest BCUT2D eigenvalue weighted by Crippen LogP contribution is 2.40. The summed E-state index contributed by atoms with van der Waals surface area (Å²) in [5.41, 5.74) is 0.278. The van der Waals surface area contributed by atoms with E-state index in [4.69, 9.17) is 0 Å². The summed E-state index contributed by atoms with van der Waals surface area (Å²) in [4.78, 5) is 26.2. The van der Waals surface area contributed by atoms with Crippen molar-refractivity contribution in [2.45, 2.75) is 70.5 Å². The summed E-state index contributed by atoms with van der Waals surface area (Å²) in [6.07, 6.45) is 8.02. The van der Waals surface area contributed by atoms with Crippen molar-refractivity contribution in [1.82, 2.24) is 14.7 Å². The maximum atomic E-state index is 13.0. The van der Waals surface area contributed by atoms with Crippen LogP contribution in [-0.4, -0.2) is 43.7 Å². The van der Waals surface area contributed by atoms with Crippen molar-refractivity contribution < 1.29 is 14.7 Å². The van der Waals surface area contributed by atoms with Crippen molar-refractivity contribution in [2.75, 3.05) is 0 Å². The van der Waals surface area contributed by atoms with E-state index in [0.717, 1.165) is 25.7 Å². The molecule has 1 saturated carbocycles. The maximum Gasteiger partial charge on any atom is 0.326 e. The fourth-order valence-corrected chi connectivity index (χ4v) is 3.92. The smallest absolute Gasteiger partial charge is 0.326 e. The number of carbonyl (C=O) groups excluding carboxylic acids is 1. The number of hydrogen-bond acceptors (Lipinski definition) is 3. The average molecular weight is 319 g/mol. The maximum absolute atomic E-state index is 13.0. The lowest BCUT2D eigenvalue weighted by atomic mass is 9.84. The quantitative estimate of drug-likeness (QED) is 0.908. The van der Waals surface area contributed by atoms with Gasteiger partial charge in [-0.1, -0.05) is 12.8 Å². The summed E-state index contributed by atoms with van der Waals surface area (Å²) in [6.45, 7) is 6.05. The lowest BCUT2D eigenvalue weighted by Crippen LogP contribution is -2.46. The molecule has 2 fully saturated rings. The van der Waals surface area contributed by atoms with Crippen molar-refractivity contribution in [1.29, 1.82) is 0 Å². The van der Waals surface area contributed by atoms with E-state index in [0.29, 0.717) is 17.9 Å². The molecular formula is C17H25N3O3. The third kappa shape index (κ3) is 2.86. The molecule has 0 radical (unpaired) electrons. The van der Waals surface area contributed by atoms with Crippen LogP contribution in [0.3, 0.4) is 0 Å². The Morgan fingerprint density at radius 1 is 1.26 bits per heavy atom.